The number of nitrogens with zero attached hydrogens (tertiary/aromatic N) is 3. The molecule has 2 aliphatic heterocycles. The lowest BCUT2D eigenvalue weighted by atomic mass is 9.87. The van der Waals surface area contributed by atoms with Crippen molar-refractivity contribution in [1.29, 1.82) is 0 Å². The summed E-state index contributed by atoms with van der Waals surface area (Å²) in [6.45, 7) is 8.99. The second-order valence-electron chi connectivity index (χ2n) is 9.01. The van der Waals surface area contributed by atoms with Crippen molar-refractivity contribution in [1.82, 2.24) is 9.88 Å². The van der Waals surface area contributed by atoms with Gasteiger partial charge in [-0.3, -0.25) is 9.59 Å². The number of hydrogen-bond acceptors (Lipinski definition) is 5. The lowest BCUT2D eigenvalue weighted by Gasteiger charge is -2.27. The van der Waals surface area contributed by atoms with Crippen LogP contribution in [0.1, 0.15) is 38.8 Å². The number of anilines is 2. The van der Waals surface area contributed by atoms with E-state index in [1.807, 2.05) is 18.2 Å². The van der Waals surface area contributed by atoms with Gasteiger partial charge in [-0.25, -0.2) is 14.7 Å². The van der Waals surface area contributed by atoms with E-state index in [0.29, 0.717) is 10.8 Å². The van der Waals surface area contributed by atoms with Gasteiger partial charge in [0.2, 0.25) is 5.24 Å². The van der Waals surface area contributed by atoms with E-state index in [1.54, 1.807) is 37.1 Å². The Kier molecular flexibility index (Phi) is 7.27. The zero-order valence-electron chi connectivity index (χ0n) is 18.8. The normalized spacial score (nSPS) is 17.9. The molecule has 2 aliphatic rings. The summed E-state index contributed by atoms with van der Waals surface area (Å²) < 4.78 is 0. The molecule has 2 aromatic rings. The lowest BCUT2D eigenvalue weighted by Crippen LogP contribution is -2.43. The van der Waals surface area contributed by atoms with Crippen molar-refractivity contribution >= 4 is 63.4 Å². The molecule has 0 spiro atoms. The lowest BCUT2D eigenvalue weighted by molar-refractivity contribution is -0.123. The molecule has 0 bridgehead atoms. The summed E-state index contributed by atoms with van der Waals surface area (Å²) in [5, 5.41) is 3.23. The number of fused-ring (bicyclic) bond motifs is 1. The third-order valence-electron chi connectivity index (χ3n) is 5.77. The molecular formula is C23H25Cl3N4O3. The molecule has 1 aromatic carbocycles. The Labute approximate surface area is 208 Å². The van der Waals surface area contributed by atoms with Crippen molar-refractivity contribution < 1.29 is 14.4 Å². The first-order chi connectivity index (χ1) is 15.4. The number of carbonyl (C=O) groups excluding carboxylic acids is 3. The van der Waals surface area contributed by atoms with Crippen LogP contribution in [0.15, 0.2) is 36.5 Å². The number of nitrogens with one attached hydrogen (secondary N) is 1. The summed E-state index contributed by atoms with van der Waals surface area (Å²) in [4.78, 5) is 42.6. The van der Waals surface area contributed by atoms with Gasteiger partial charge >= 0.3 is 6.03 Å². The smallest absolute Gasteiger partial charge is 0.332 e. The first kappa shape index (κ1) is 25.3. The standard InChI is InChI=1S/C21H23ClN4O2.C2H2Cl2O/c1-20(2)12-24-16-10-14(5-6-15(16)20)26-18(27)21(3,4)25(19(26)28)11-13-7-8-23-17(22)9-13;3-1-2(4)5/h5-10,24H,11-12H2,1-4H3;1H2. The number of benzene rings is 1. The highest BCUT2D eigenvalue weighted by atomic mass is 35.5. The summed E-state index contributed by atoms with van der Waals surface area (Å²) in [7, 11) is 0. The van der Waals surface area contributed by atoms with Crippen LogP contribution in [0.4, 0.5) is 16.2 Å². The molecule has 7 nitrogen and oxygen atoms in total. The SMILES string of the molecule is CC1(C)CNc2cc(N3C(=O)N(Cc4ccnc(Cl)c4)C(C)(C)C3=O)ccc21.O=C(Cl)CCl. The Morgan fingerprint density at radius 2 is 1.82 bits per heavy atom. The summed E-state index contributed by atoms with van der Waals surface area (Å²) in [6.07, 6.45) is 1.60. The Balaban J connectivity index is 0.000000555. The van der Waals surface area contributed by atoms with Gasteiger partial charge in [-0.05, 0) is 60.8 Å². The highest BCUT2D eigenvalue weighted by molar-refractivity contribution is 6.67. The molecule has 33 heavy (non-hydrogen) atoms. The Morgan fingerprint density at radius 3 is 2.42 bits per heavy atom. The molecule has 0 radical (unpaired) electrons. The number of pyridine rings is 1. The molecule has 176 valence electrons. The highest BCUT2D eigenvalue weighted by Gasteiger charge is 2.52. The molecule has 0 atom stereocenters. The van der Waals surface area contributed by atoms with Crippen molar-refractivity contribution in [2.24, 2.45) is 0 Å². The summed E-state index contributed by atoms with van der Waals surface area (Å²) >= 11 is 15.5. The van der Waals surface area contributed by atoms with Gasteiger partial charge < -0.3 is 10.2 Å². The fourth-order valence-corrected chi connectivity index (χ4v) is 4.07. The number of amides is 3. The Hall–Kier alpha value is -2.35. The minimum absolute atomic E-state index is 0.0266. The monoisotopic (exact) mass is 510 g/mol. The van der Waals surface area contributed by atoms with Crippen molar-refractivity contribution in [3.8, 4) is 0 Å². The first-order valence-corrected chi connectivity index (χ1v) is 11.6. The highest BCUT2D eigenvalue weighted by Crippen LogP contribution is 2.40. The van der Waals surface area contributed by atoms with Crippen LogP contribution >= 0.6 is 34.8 Å². The third-order valence-corrected chi connectivity index (χ3v) is 6.49. The third kappa shape index (κ3) is 5.10. The predicted molar refractivity (Wildman–Crippen MR) is 131 cm³/mol. The van der Waals surface area contributed by atoms with Crippen molar-refractivity contribution in [3.63, 3.8) is 0 Å². The average molecular weight is 512 g/mol. The zero-order valence-corrected chi connectivity index (χ0v) is 21.1. The van der Waals surface area contributed by atoms with Crippen LogP contribution < -0.4 is 10.2 Å². The zero-order chi connectivity index (χ0) is 24.6. The molecule has 0 aliphatic carbocycles. The van der Waals surface area contributed by atoms with Gasteiger partial charge in [-0.1, -0.05) is 31.5 Å². The maximum atomic E-state index is 13.2. The average Bonchev–Trinajstić information content (AvgIpc) is 3.14. The van der Waals surface area contributed by atoms with E-state index >= 15 is 0 Å². The van der Waals surface area contributed by atoms with Gasteiger partial charge in [0.1, 0.15) is 10.7 Å². The van der Waals surface area contributed by atoms with Gasteiger partial charge in [0.15, 0.2) is 0 Å². The van der Waals surface area contributed by atoms with Crippen LogP contribution in [0, 0.1) is 0 Å². The van der Waals surface area contributed by atoms with Gasteiger partial charge in [-0.15, -0.1) is 11.6 Å². The summed E-state index contributed by atoms with van der Waals surface area (Å²) in [5.41, 5.74) is 2.64. The van der Waals surface area contributed by atoms with Gasteiger partial charge in [0.25, 0.3) is 5.91 Å². The number of imide groups is 1. The molecule has 1 fully saturated rings. The maximum Gasteiger partial charge on any atom is 0.332 e. The number of hydrogen-bond donors (Lipinski definition) is 1. The van der Waals surface area contributed by atoms with E-state index < -0.39 is 10.8 Å². The quantitative estimate of drug-likeness (QED) is 0.265. The molecule has 1 saturated heterocycles. The number of aromatic nitrogens is 1. The molecule has 1 N–H and O–H groups in total. The minimum Gasteiger partial charge on any atom is -0.384 e. The largest absolute Gasteiger partial charge is 0.384 e. The molecule has 0 unspecified atom stereocenters. The first-order valence-electron chi connectivity index (χ1n) is 10.3. The summed E-state index contributed by atoms with van der Waals surface area (Å²) in [6, 6.07) is 8.92. The second kappa shape index (κ2) is 9.49. The fraction of sp³-hybridized carbons (Fsp3) is 0.391. The van der Waals surface area contributed by atoms with Crippen molar-refractivity contribution in [2.75, 3.05) is 22.6 Å². The van der Waals surface area contributed by atoms with Crippen molar-refractivity contribution in [3.05, 3.63) is 52.8 Å². The van der Waals surface area contributed by atoms with E-state index in [1.165, 1.54) is 10.5 Å². The van der Waals surface area contributed by atoms with Crippen LogP contribution in [-0.4, -0.2) is 45.0 Å². The van der Waals surface area contributed by atoms with Crippen LogP contribution in [0.3, 0.4) is 0 Å². The Morgan fingerprint density at radius 1 is 1.15 bits per heavy atom. The molecule has 10 heteroatoms. The molecule has 1 aromatic heterocycles. The topological polar surface area (TPSA) is 82.6 Å². The predicted octanol–water partition coefficient (Wildman–Crippen LogP) is 5.18. The second-order valence-corrected chi connectivity index (χ2v) is 10.1. The molecular weight excluding hydrogens is 487 g/mol. The van der Waals surface area contributed by atoms with E-state index in [2.05, 4.69) is 24.1 Å². The number of rotatable bonds is 4. The number of urea groups is 1. The molecule has 4 rings (SSSR count). The Bertz CT molecular complexity index is 1100. The maximum absolute atomic E-state index is 13.2. The van der Waals surface area contributed by atoms with Gasteiger partial charge in [0.05, 0.1) is 11.6 Å². The van der Waals surface area contributed by atoms with Crippen LogP contribution in [0.25, 0.3) is 0 Å². The number of halogens is 3. The number of carbonyl (C=O) groups is 3. The molecule has 3 heterocycles. The van der Waals surface area contributed by atoms with Crippen LogP contribution in [0.5, 0.6) is 0 Å². The van der Waals surface area contributed by atoms with E-state index in [0.717, 1.165) is 17.8 Å². The van der Waals surface area contributed by atoms with E-state index in [4.69, 9.17) is 34.8 Å². The fourth-order valence-electron chi connectivity index (χ4n) is 3.87. The molecule has 0 saturated carbocycles. The van der Waals surface area contributed by atoms with E-state index in [-0.39, 0.29) is 29.8 Å². The van der Waals surface area contributed by atoms with Crippen molar-refractivity contribution in [2.45, 2.75) is 45.2 Å². The summed E-state index contributed by atoms with van der Waals surface area (Å²) in [5.74, 6) is -0.337. The number of alkyl halides is 1. The van der Waals surface area contributed by atoms with Crippen LogP contribution in [-0.2, 0) is 21.5 Å². The van der Waals surface area contributed by atoms with Crippen LogP contribution in [0.2, 0.25) is 5.15 Å². The molecule has 3 amide bonds. The van der Waals surface area contributed by atoms with Gasteiger partial charge in [-0.2, -0.15) is 0 Å². The van der Waals surface area contributed by atoms with E-state index in [9.17, 15) is 14.4 Å². The van der Waals surface area contributed by atoms with Gasteiger partial charge in [0, 0.05) is 30.4 Å². The minimum atomic E-state index is -0.960.